The molecular formula is C44H33ClN4NaO2Pt2-. The van der Waals surface area contributed by atoms with E-state index in [0.717, 1.165) is 45.0 Å². The van der Waals surface area contributed by atoms with Crippen molar-refractivity contribution in [2.24, 2.45) is 0 Å². The molecule has 270 valence electrons. The molecule has 0 saturated heterocycles. The first-order chi connectivity index (χ1) is 25.7. The summed E-state index contributed by atoms with van der Waals surface area (Å²) in [5, 5.41) is 18.9. The molecule has 0 bridgehead atoms. The molecule has 0 radical (unpaired) electrons. The molecule has 54 heavy (non-hydrogen) atoms. The fourth-order valence-corrected chi connectivity index (χ4v) is 4.47. The van der Waals surface area contributed by atoms with Gasteiger partial charge in [0, 0.05) is 68.6 Å². The van der Waals surface area contributed by atoms with Gasteiger partial charge in [-0.2, -0.15) is 0 Å². The Kier molecular flexibility index (Phi) is 23.2. The molecule has 8 rings (SSSR count). The van der Waals surface area contributed by atoms with E-state index in [2.05, 4.69) is 41.5 Å². The number of para-hydroxylation sites is 2. The molecule has 0 unspecified atom stereocenters. The second-order valence-corrected chi connectivity index (χ2v) is 10.5. The number of phenols is 1. The van der Waals surface area contributed by atoms with Crippen molar-refractivity contribution in [3.05, 3.63) is 207 Å². The van der Waals surface area contributed by atoms with Crippen molar-refractivity contribution in [3.63, 3.8) is 0 Å². The number of hydrogen-bond acceptors (Lipinski definition) is 6. The van der Waals surface area contributed by atoms with Crippen LogP contribution in [-0.2, 0) is 39.8 Å². The van der Waals surface area contributed by atoms with Gasteiger partial charge in [0.15, 0.2) is 0 Å². The van der Waals surface area contributed by atoms with Crippen molar-refractivity contribution in [2.45, 2.75) is 0 Å². The number of aromatic nitrogens is 4. The first-order valence-electron chi connectivity index (χ1n) is 15.9. The summed E-state index contributed by atoms with van der Waals surface area (Å²) in [6.07, 6.45) is 7.15. The third-order valence-corrected chi connectivity index (χ3v) is 6.85. The van der Waals surface area contributed by atoms with E-state index in [1.54, 1.807) is 80.0 Å². The molecule has 0 saturated carbocycles. The number of halogens is 1. The summed E-state index contributed by atoms with van der Waals surface area (Å²) in [7, 11) is 4.61. The first kappa shape index (κ1) is 45.9. The van der Waals surface area contributed by atoms with Crippen LogP contribution in [-0.4, -0.2) is 25.0 Å². The quantitative estimate of drug-likeness (QED) is 0.150. The number of pyridine rings is 4. The normalized spacial score (nSPS) is 9.17. The Labute approximate surface area is 368 Å². The van der Waals surface area contributed by atoms with E-state index >= 15 is 0 Å². The molecule has 0 aliphatic carbocycles. The predicted molar refractivity (Wildman–Crippen MR) is 203 cm³/mol. The number of rotatable bonds is 4. The summed E-state index contributed by atoms with van der Waals surface area (Å²) in [6, 6.07) is 59.2. The monoisotopic (exact) mass is 1100 g/mol. The molecule has 4 aromatic carbocycles. The zero-order chi connectivity index (χ0) is 36.6. The Morgan fingerprint density at radius 3 is 0.889 bits per heavy atom. The van der Waals surface area contributed by atoms with Gasteiger partial charge in [0.1, 0.15) is 5.75 Å². The van der Waals surface area contributed by atoms with Crippen molar-refractivity contribution >= 4 is 9.42 Å². The van der Waals surface area contributed by atoms with Crippen LogP contribution in [0.4, 0.5) is 0 Å². The van der Waals surface area contributed by atoms with E-state index in [0.29, 0.717) is 5.75 Å². The van der Waals surface area contributed by atoms with Gasteiger partial charge in [-0.3, -0.25) is 19.9 Å². The van der Waals surface area contributed by atoms with Gasteiger partial charge in [-0.15, -0.1) is 54.3 Å². The van der Waals surface area contributed by atoms with Gasteiger partial charge in [-0.25, -0.2) is 0 Å². The van der Waals surface area contributed by atoms with Crippen LogP contribution in [0.1, 0.15) is 0 Å². The van der Waals surface area contributed by atoms with Gasteiger partial charge in [-0.05, 0) is 36.4 Å². The van der Waals surface area contributed by atoms with Crippen molar-refractivity contribution in [3.8, 4) is 56.5 Å². The van der Waals surface area contributed by atoms with E-state index in [-0.39, 0.29) is 56.4 Å². The molecule has 0 spiro atoms. The topological polar surface area (TPSA) is 94.8 Å². The Morgan fingerprint density at radius 1 is 0.407 bits per heavy atom. The predicted octanol–water partition coefficient (Wildman–Crippen LogP) is 7.06. The summed E-state index contributed by atoms with van der Waals surface area (Å²) in [5.74, 6) is 0.394. The molecule has 6 nitrogen and oxygen atoms in total. The van der Waals surface area contributed by atoms with Crippen LogP contribution < -0.4 is 34.7 Å². The number of nitrogens with zero attached hydrogens (tertiary/aromatic N) is 4. The smallest absolute Gasteiger partial charge is 0.872 e. The van der Waals surface area contributed by atoms with Crippen molar-refractivity contribution in [1.82, 2.24) is 19.9 Å². The molecule has 1 N–H and O–H groups in total. The largest absolute Gasteiger partial charge is 1.00 e. The Hall–Kier alpha value is -4.25. The Balaban J connectivity index is 0.000000262. The van der Waals surface area contributed by atoms with Crippen LogP contribution in [0.15, 0.2) is 195 Å². The van der Waals surface area contributed by atoms with Crippen LogP contribution >= 0.6 is 9.42 Å². The molecule has 0 aliphatic rings. The Bertz CT molecular complexity index is 1860. The summed E-state index contributed by atoms with van der Waals surface area (Å²) in [6.45, 7) is 0. The van der Waals surface area contributed by atoms with Gasteiger partial charge in [0.05, 0.1) is 0 Å². The molecule has 0 fully saturated rings. The molecule has 10 heteroatoms. The molecule has 0 atom stereocenters. The third kappa shape index (κ3) is 16.4. The van der Waals surface area contributed by atoms with Gasteiger partial charge in [0.2, 0.25) is 0 Å². The average molecular weight is 1100 g/mol. The number of phenolic OH excluding ortho intramolecular Hbond substituents is 1. The van der Waals surface area contributed by atoms with E-state index < -0.39 is 0 Å². The number of benzene rings is 4. The zero-order valence-corrected chi connectivity index (χ0v) is 36.4. The minimum atomic E-state index is 0. The second kappa shape index (κ2) is 27.3. The summed E-state index contributed by atoms with van der Waals surface area (Å²) in [4.78, 5) is 17.3. The third-order valence-electron chi connectivity index (χ3n) is 6.85. The number of hydrogen-bond donors (Lipinski definition) is 1. The number of aromatic hydroxyl groups is 1. The fourth-order valence-electron chi connectivity index (χ4n) is 4.47. The molecule has 0 aliphatic heterocycles. The van der Waals surface area contributed by atoms with E-state index in [1.165, 1.54) is 12.1 Å². The first-order valence-corrected chi connectivity index (χ1v) is 18.8. The molecule has 0 amide bonds. The van der Waals surface area contributed by atoms with Crippen molar-refractivity contribution < 1.29 is 79.6 Å². The van der Waals surface area contributed by atoms with Crippen LogP contribution in [0.2, 0.25) is 0 Å². The van der Waals surface area contributed by atoms with Crippen LogP contribution in [0.5, 0.6) is 11.5 Å². The van der Waals surface area contributed by atoms with Crippen LogP contribution in [0.3, 0.4) is 0 Å². The molecule has 4 aromatic heterocycles. The minimum Gasteiger partial charge on any atom is -0.872 e. The Morgan fingerprint density at radius 2 is 0.685 bits per heavy atom. The second-order valence-electron chi connectivity index (χ2n) is 10.5. The maximum absolute atomic E-state index is 10.3. The van der Waals surface area contributed by atoms with Crippen LogP contribution in [0, 0.1) is 12.1 Å². The molecule has 4 heterocycles. The average Bonchev–Trinajstić information content (AvgIpc) is 3.24. The minimum absolute atomic E-state index is 0. The molecular weight excluding hydrogens is 1070 g/mol. The summed E-state index contributed by atoms with van der Waals surface area (Å²) >= 11 is 1.61. The standard InChI is InChI=1S/2C16H11N2.2C6H6O.ClH.Na.2Pt/c2*1-3-10-17-15(8-1)13-6-5-7-14(12-13)16-9-2-4-11-18-16;2*7-6-4-2-1-3-5-6;;;;/h2*1-11H;2*1-5,7H;1H;;;/q2*-1;;;;+1;;+2/p-2. The van der Waals surface area contributed by atoms with Crippen molar-refractivity contribution in [1.29, 1.82) is 0 Å². The maximum atomic E-state index is 10.3. The van der Waals surface area contributed by atoms with E-state index in [1.807, 2.05) is 121 Å². The van der Waals surface area contributed by atoms with Gasteiger partial charge in [0.25, 0.3) is 0 Å². The zero-order valence-electron chi connectivity index (χ0n) is 29.1. The van der Waals surface area contributed by atoms with Gasteiger partial charge < -0.3 is 10.2 Å². The van der Waals surface area contributed by atoms with Gasteiger partial charge >= 0.3 is 57.7 Å². The fraction of sp³-hybridized carbons (Fsp3) is 0. The summed E-state index contributed by atoms with van der Waals surface area (Å²) < 4.78 is 0. The van der Waals surface area contributed by atoms with Gasteiger partial charge in [-0.1, -0.05) is 119 Å². The molecule has 8 aromatic rings. The SMILES string of the molecule is Oc1ccccc1.[Cl][Pt+].[Na+].[O-]c1ccccc1.[Pt].[c-]1c(-c2ccccn2)cccc1-c1ccccn1.[c-]1c(-c2ccccn2)cccc1-c1ccccn1. The van der Waals surface area contributed by atoms with E-state index in [4.69, 9.17) is 5.11 Å². The van der Waals surface area contributed by atoms with Crippen molar-refractivity contribution in [2.75, 3.05) is 0 Å². The van der Waals surface area contributed by atoms with Crippen LogP contribution in [0.25, 0.3) is 45.0 Å². The maximum Gasteiger partial charge on any atom is 1.00 e. The summed E-state index contributed by atoms with van der Waals surface area (Å²) in [5.41, 5.74) is 7.64. The van der Waals surface area contributed by atoms with E-state index in [9.17, 15) is 5.11 Å².